The quantitative estimate of drug-likeness (QED) is 0.896. The lowest BCUT2D eigenvalue weighted by Crippen LogP contribution is -2.15. The minimum atomic E-state index is 0.156. The summed E-state index contributed by atoms with van der Waals surface area (Å²) in [4.78, 5) is 8.86. The van der Waals surface area contributed by atoms with Gasteiger partial charge in [-0.1, -0.05) is 18.2 Å². The van der Waals surface area contributed by atoms with Crippen LogP contribution in [0.2, 0.25) is 0 Å². The Hall–Kier alpha value is -2.10. The highest BCUT2D eigenvalue weighted by Crippen LogP contribution is 2.34. The first-order valence-electron chi connectivity index (χ1n) is 6.45. The first kappa shape index (κ1) is 12.0. The fourth-order valence-corrected chi connectivity index (χ4v) is 2.36. The van der Waals surface area contributed by atoms with E-state index in [2.05, 4.69) is 21.4 Å². The molecule has 1 aromatic heterocycles. The summed E-state index contributed by atoms with van der Waals surface area (Å²) < 4.78 is 5.68. The van der Waals surface area contributed by atoms with E-state index in [1.54, 1.807) is 0 Å². The Morgan fingerprint density at radius 1 is 1.16 bits per heavy atom. The van der Waals surface area contributed by atoms with Crippen LogP contribution in [0, 0.1) is 20.8 Å². The normalized spacial score (nSPS) is 16.9. The zero-order chi connectivity index (χ0) is 13.4. The molecule has 0 saturated carbocycles. The molecule has 19 heavy (non-hydrogen) atoms. The van der Waals surface area contributed by atoms with Crippen molar-refractivity contribution in [3.63, 3.8) is 0 Å². The molecule has 1 aromatic carbocycles. The number of aromatic nitrogens is 2. The molecule has 2 aromatic rings. The number of nitrogens with zero attached hydrogens (tertiary/aromatic N) is 2. The number of rotatable bonds is 2. The zero-order valence-corrected chi connectivity index (χ0v) is 11.4. The number of hydrogen-bond acceptors (Lipinski definition) is 4. The van der Waals surface area contributed by atoms with Crippen LogP contribution < -0.4 is 10.1 Å². The number of fused-ring (bicyclic) bond motifs is 1. The summed E-state index contributed by atoms with van der Waals surface area (Å²) in [7, 11) is 0. The number of ether oxygens (including phenoxy) is 1. The molecule has 2 heterocycles. The predicted molar refractivity (Wildman–Crippen MR) is 74.5 cm³/mol. The predicted octanol–water partition coefficient (Wildman–Crippen LogP) is 2.95. The fraction of sp³-hybridized carbons (Fsp3) is 0.333. The van der Waals surface area contributed by atoms with Gasteiger partial charge < -0.3 is 10.1 Å². The van der Waals surface area contributed by atoms with E-state index in [1.165, 1.54) is 5.56 Å². The number of anilines is 1. The monoisotopic (exact) mass is 255 g/mol. The van der Waals surface area contributed by atoms with Crippen molar-refractivity contribution in [3.05, 3.63) is 46.9 Å². The molecular weight excluding hydrogens is 238 g/mol. The average molecular weight is 255 g/mol. The molecule has 1 N–H and O–H groups in total. The minimum Gasteiger partial charge on any atom is -0.491 e. The minimum absolute atomic E-state index is 0.156. The van der Waals surface area contributed by atoms with E-state index in [9.17, 15) is 0 Å². The van der Waals surface area contributed by atoms with Crippen LogP contribution in [0.4, 0.5) is 5.82 Å². The van der Waals surface area contributed by atoms with Crippen molar-refractivity contribution in [2.45, 2.75) is 26.8 Å². The van der Waals surface area contributed by atoms with Gasteiger partial charge in [0.2, 0.25) is 0 Å². The highest BCUT2D eigenvalue weighted by molar-refractivity contribution is 5.50. The number of hydrogen-bond donors (Lipinski definition) is 1. The van der Waals surface area contributed by atoms with Crippen molar-refractivity contribution in [3.8, 4) is 5.75 Å². The van der Waals surface area contributed by atoms with E-state index in [0.29, 0.717) is 6.61 Å². The second-order valence-corrected chi connectivity index (χ2v) is 4.88. The van der Waals surface area contributed by atoms with Crippen LogP contribution in [-0.2, 0) is 0 Å². The number of benzene rings is 1. The fourth-order valence-electron chi connectivity index (χ4n) is 2.36. The van der Waals surface area contributed by atoms with Crippen LogP contribution in [0.5, 0.6) is 5.75 Å². The summed E-state index contributed by atoms with van der Waals surface area (Å²) in [5.41, 5.74) is 3.30. The third kappa shape index (κ3) is 2.14. The number of nitrogens with one attached hydrogen (secondary N) is 1. The van der Waals surface area contributed by atoms with Crippen LogP contribution in [-0.4, -0.2) is 16.6 Å². The largest absolute Gasteiger partial charge is 0.491 e. The summed E-state index contributed by atoms with van der Waals surface area (Å²) in [5.74, 6) is 2.65. The molecule has 0 fully saturated rings. The third-order valence-corrected chi connectivity index (χ3v) is 3.51. The van der Waals surface area contributed by atoms with Gasteiger partial charge >= 0.3 is 0 Å². The molecule has 1 aliphatic heterocycles. The van der Waals surface area contributed by atoms with Crippen molar-refractivity contribution >= 4 is 5.82 Å². The van der Waals surface area contributed by atoms with E-state index < -0.39 is 0 Å². The Morgan fingerprint density at radius 2 is 1.95 bits per heavy atom. The van der Waals surface area contributed by atoms with Crippen LogP contribution in [0.3, 0.4) is 0 Å². The Morgan fingerprint density at radius 3 is 2.79 bits per heavy atom. The molecule has 0 bridgehead atoms. The molecule has 0 aliphatic carbocycles. The van der Waals surface area contributed by atoms with Crippen molar-refractivity contribution in [1.29, 1.82) is 0 Å². The average Bonchev–Trinajstić information content (AvgIpc) is 2.79. The van der Waals surface area contributed by atoms with Gasteiger partial charge in [-0.15, -0.1) is 0 Å². The molecular formula is C15H17N3O. The summed E-state index contributed by atoms with van der Waals surface area (Å²) in [6.45, 7) is 6.60. The maximum absolute atomic E-state index is 5.68. The molecule has 1 unspecified atom stereocenters. The van der Waals surface area contributed by atoms with Crippen LogP contribution in [0.15, 0.2) is 24.3 Å². The maximum atomic E-state index is 5.68. The lowest BCUT2D eigenvalue weighted by Gasteiger charge is -2.15. The highest BCUT2D eigenvalue weighted by atomic mass is 16.5. The number of aryl methyl sites for hydroxylation is 2. The molecule has 0 spiro atoms. The summed E-state index contributed by atoms with van der Waals surface area (Å²) in [5, 5.41) is 3.47. The van der Waals surface area contributed by atoms with Crippen LogP contribution in [0.25, 0.3) is 0 Å². The number of para-hydroxylation sites is 1. The first-order chi connectivity index (χ1) is 9.15. The van der Waals surface area contributed by atoms with Gasteiger partial charge in [-0.05, 0) is 26.8 Å². The van der Waals surface area contributed by atoms with Gasteiger partial charge in [-0.2, -0.15) is 0 Å². The standard InChI is InChI=1S/C15H17N3O/c1-9-10(2)16-11(3)17-15(9)18-13-8-19-14-7-5-4-6-12(13)14/h4-7,13H,8H2,1-3H3,(H,16,17,18). The lowest BCUT2D eigenvalue weighted by molar-refractivity contribution is 0.339. The second kappa shape index (κ2) is 4.53. The second-order valence-electron chi connectivity index (χ2n) is 4.88. The van der Waals surface area contributed by atoms with E-state index >= 15 is 0 Å². The van der Waals surface area contributed by atoms with E-state index in [4.69, 9.17) is 4.74 Å². The summed E-state index contributed by atoms with van der Waals surface area (Å²) >= 11 is 0. The van der Waals surface area contributed by atoms with Crippen molar-refractivity contribution < 1.29 is 4.74 Å². The molecule has 0 saturated heterocycles. The molecule has 4 heteroatoms. The molecule has 0 radical (unpaired) electrons. The molecule has 4 nitrogen and oxygen atoms in total. The molecule has 0 amide bonds. The van der Waals surface area contributed by atoms with Gasteiger partial charge in [0.1, 0.15) is 24.0 Å². The Kier molecular flexibility index (Phi) is 2.85. The van der Waals surface area contributed by atoms with Crippen molar-refractivity contribution in [2.24, 2.45) is 0 Å². The lowest BCUT2D eigenvalue weighted by atomic mass is 10.1. The third-order valence-electron chi connectivity index (χ3n) is 3.51. The van der Waals surface area contributed by atoms with Crippen LogP contribution in [0.1, 0.15) is 28.7 Å². The maximum Gasteiger partial charge on any atom is 0.133 e. The van der Waals surface area contributed by atoms with Gasteiger partial charge in [-0.25, -0.2) is 9.97 Å². The van der Waals surface area contributed by atoms with Gasteiger partial charge in [0.05, 0.1) is 6.04 Å². The smallest absolute Gasteiger partial charge is 0.133 e. The summed E-state index contributed by atoms with van der Waals surface area (Å²) in [6.07, 6.45) is 0. The van der Waals surface area contributed by atoms with Crippen molar-refractivity contribution in [1.82, 2.24) is 9.97 Å². The topological polar surface area (TPSA) is 47.0 Å². The molecule has 1 aliphatic rings. The Bertz CT molecular complexity index is 625. The van der Waals surface area contributed by atoms with Gasteiger partial charge in [0.25, 0.3) is 0 Å². The zero-order valence-electron chi connectivity index (χ0n) is 11.4. The molecule has 98 valence electrons. The van der Waals surface area contributed by atoms with Crippen LogP contribution >= 0.6 is 0 Å². The first-order valence-corrected chi connectivity index (χ1v) is 6.45. The Labute approximate surface area is 112 Å². The van der Waals surface area contributed by atoms with Gasteiger partial charge in [-0.3, -0.25) is 0 Å². The van der Waals surface area contributed by atoms with E-state index in [-0.39, 0.29) is 6.04 Å². The molecule has 3 rings (SSSR count). The van der Waals surface area contributed by atoms with Crippen molar-refractivity contribution in [2.75, 3.05) is 11.9 Å². The van der Waals surface area contributed by atoms with Gasteiger partial charge in [0.15, 0.2) is 0 Å². The summed E-state index contributed by atoms with van der Waals surface area (Å²) in [6, 6.07) is 8.27. The SMILES string of the molecule is Cc1nc(C)c(C)c(NC2COc3ccccc32)n1. The highest BCUT2D eigenvalue weighted by Gasteiger charge is 2.24. The van der Waals surface area contributed by atoms with E-state index in [1.807, 2.05) is 39.0 Å². The molecule has 1 atom stereocenters. The van der Waals surface area contributed by atoms with E-state index in [0.717, 1.165) is 28.6 Å². The Balaban J connectivity index is 1.92. The van der Waals surface area contributed by atoms with Gasteiger partial charge in [0, 0.05) is 16.8 Å².